The number of aliphatic imine (C=N–C) groups is 1. The first kappa shape index (κ1) is 22.3. The van der Waals surface area contributed by atoms with E-state index in [2.05, 4.69) is 32.0 Å². The maximum absolute atomic E-state index is 13.5. The van der Waals surface area contributed by atoms with E-state index in [-0.39, 0.29) is 11.3 Å². The van der Waals surface area contributed by atoms with E-state index in [1.165, 1.54) is 16.8 Å². The van der Waals surface area contributed by atoms with Gasteiger partial charge in [0.15, 0.2) is 11.3 Å². The van der Waals surface area contributed by atoms with Gasteiger partial charge in [0.05, 0.1) is 11.9 Å². The number of hydrogen-bond donors (Lipinski definition) is 1. The average Bonchev–Trinajstić information content (AvgIpc) is 3.51. The van der Waals surface area contributed by atoms with Gasteiger partial charge in [-0.25, -0.2) is 23.3 Å². The Kier molecular flexibility index (Phi) is 6.58. The van der Waals surface area contributed by atoms with Crippen LogP contribution in [0.4, 0.5) is 8.78 Å². The summed E-state index contributed by atoms with van der Waals surface area (Å²) in [7, 11) is 0. The van der Waals surface area contributed by atoms with Crippen molar-refractivity contribution in [3.8, 4) is 11.3 Å². The fraction of sp³-hybridized carbons (Fsp3) is 0.250. The molecule has 3 aromatic rings. The highest BCUT2D eigenvalue weighted by Crippen LogP contribution is 2.30. The number of benzene rings is 1. The van der Waals surface area contributed by atoms with Gasteiger partial charge in [-0.3, -0.25) is 4.79 Å². The molecule has 33 heavy (non-hydrogen) atoms. The summed E-state index contributed by atoms with van der Waals surface area (Å²) in [6.07, 6.45) is 4.49. The first-order valence-electron chi connectivity index (χ1n) is 10.6. The average molecular weight is 450 g/mol. The second-order valence-electron chi connectivity index (χ2n) is 7.57. The molecule has 0 unspecified atom stereocenters. The largest absolute Gasteiger partial charge is 0.357 e. The normalized spacial score (nSPS) is 14.8. The summed E-state index contributed by atoms with van der Waals surface area (Å²) in [5, 5.41) is 7.28. The highest BCUT2D eigenvalue weighted by Gasteiger charge is 2.19. The van der Waals surface area contributed by atoms with Gasteiger partial charge in [-0.1, -0.05) is 30.3 Å². The summed E-state index contributed by atoms with van der Waals surface area (Å²) in [5.74, 6) is 0.270. The number of imidazole rings is 1. The number of amides is 1. The Morgan fingerprint density at radius 2 is 1.97 bits per heavy atom. The van der Waals surface area contributed by atoms with Gasteiger partial charge < -0.3 is 10.2 Å². The third-order valence-corrected chi connectivity index (χ3v) is 5.51. The zero-order valence-corrected chi connectivity index (χ0v) is 18.2. The van der Waals surface area contributed by atoms with Crippen LogP contribution < -0.4 is 5.32 Å². The summed E-state index contributed by atoms with van der Waals surface area (Å²) in [6.45, 7) is 7.25. The lowest BCUT2D eigenvalue weighted by molar-refractivity contribution is 0.0960. The molecular weight excluding hydrogens is 426 g/mol. The van der Waals surface area contributed by atoms with Crippen LogP contribution >= 0.6 is 0 Å². The molecular formula is C24H24F2N6O. The second kappa shape index (κ2) is 9.72. The number of carbonyl (C=O) groups excluding carboxylic acids is 1. The Morgan fingerprint density at radius 3 is 2.67 bits per heavy atom. The molecule has 0 atom stereocenters. The van der Waals surface area contributed by atoms with Gasteiger partial charge in [0.2, 0.25) is 0 Å². The molecule has 0 aliphatic carbocycles. The van der Waals surface area contributed by atoms with Crippen LogP contribution in [0.25, 0.3) is 16.9 Å². The molecule has 7 nitrogen and oxygen atoms in total. The SMILES string of the molecule is C=N/C(=C\C(=C/C)NC(=O)c1cnc2ccc(-c3ccccc3C(F)F)nn12)N1CCCC1. The lowest BCUT2D eigenvalue weighted by atomic mass is 10.0. The molecule has 0 radical (unpaired) electrons. The second-order valence-corrected chi connectivity index (χ2v) is 7.57. The van der Waals surface area contributed by atoms with E-state index in [0.717, 1.165) is 25.9 Å². The maximum atomic E-state index is 13.5. The lowest BCUT2D eigenvalue weighted by Crippen LogP contribution is -2.25. The Bertz CT molecular complexity index is 1240. The highest BCUT2D eigenvalue weighted by atomic mass is 19.3. The van der Waals surface area contributed by atoms with Gasteiger partial charge in [0.25, 0.3) is 12.3 Å². The van der Waals surface area contributed by atoms with E-state index in [0.29, 0.717) is 28.4 Å². The van der Waals surface area contributed by atoms with Crippen molar-refractivity contribution in [1.82, 2.24) is 24.8 Å². The highest BCUT2D eigenvalue weighted by molar-refractivity contribution is 5.94. The van der Waals surface area contributed by atoms with Crippen LogP contribution in [0.3, 0.4) is 0 Å². The number of carbonyl (C=O) groups is 1. The number of likely N-dealkylation sites (tertiary alicyclic amines) is 1. The number of aromatic nitrogens is 3. The van der Waals surface area contributed by atoms with E-state index in [1.807, 2.05) is 6.92 Å². The zero-order valence-electron chi connectivity index (χ0n) is 18.2. The molecule has 1 saturated heterocycles. The molecule has 1 aliphatic heterocycles. The minimum atomic E-state index is -2.64. The van der Waals surface area contributed by atoms with Crippen LogP contribution in [0, 0.1) is 0 Å². The molecule has 0 saturated carbocycles. The zero-order chi connectivity index (χ0) is 23.4. The summed E-state index contributed by atoms with van der Waals surface area (Å²) in [5.41, 5.74) is 1.68. The lowest BCUT2D eigenvalue weighted by Gasteiger charge is -2.18. The fourth-order valence-electron chi connectivity index (χ4n) is 3.80. The molecule has 1 amide bonds. The number of halogens is 2. The van der Waals surface area contributed by atoms with Crippen molar-refractivity contribution >= 4 is 18.3 Å². The van der Waals surface area contributed by atoms with Crippen molar-refractivity contribution in [3.63, 3.8) is 0 Å². The quantitative estimate of drug-likeness (QED) is 0.422. The fourth-order valence-corrected chi connectivity index (χ4v) is 3.80. The van der Waals surface area contributed by atoms with Crippen molar-refractivity contribution in [2.45, 2.75) is 26.2 Å². The Morgan fingerprint density at radius 1 is 1.21 bits per heavy atom. The van der Waals surface area contributed by atoms with Crippen LogP contribution in [0.1, 0.15) is 42.2 Å². The van der Waals surface area contributed by atoms with Crippen molar-refractivity contribution in [1.29, 1.82) is 0 Å². The number of allylic oxidation sites excluding steroid dienone is 2. The van der Waals surface area contributed by atoms with Crippen molar-refractivity contribution in [2.24, 2.45) is 4.99 Å². The molecule has 1 aromatic carbocycles. The van der Waals surface area contributed by atoms with E-state index >= 15 is 0 Å². The van der Waals surface area contributed by atoms with E-state index in [4.69, 9.17) is 0 Å². The Balaban J connectivity index is 1.64. The van der Waals surface area contributed by atoms with Crippen molar-refractivity contribution in [3.05, 3.63) is 77.5 Å². The smallest absolute Gasteiger partial charge is 0.276 e. The molecule has 170 valence electrons. The molecule has 4 rings (SSSR count). The van der Waals surface area contributed by atoms with Gasteiger partial charge in [-0.2, -0.15) is 5.10 Å². The van der Waals surface area contributed by atoms with Crippen LogP contribution in [-0.4, -0.2) is 45.2 Å². The van der Waals surface area contributed by atoms with Gasteiger partial charge in [-0.15, -0.1) is 0 Å². The number of fused-ring (bicyclic) bond motifs is 1. The number of rotatable bonds is 7. The molecule has 2 aromatic heterocycles. The van der Waals surface area contributed by atoms with Gasteiger partial charge in [0, 0.05) is 36.0 Å². The van der Waals surface area contributed by atoms with Crippen molar-refractivity contribution in [2.75, 3.05) is 13.1 Å². The summed E-state index contributed by atoms with van der Waals surface area (Å²) < 4.78 is 28.3. The molecule has 3 heterocycles. The third-order valence-electron chi connectivity index (χ3n) is 5.51. The first-order valence-corrected chi connectivity index (χ1v) is 10.6. The molecule has 1 N–H and O–H groups in total. The minimum absolute atomic E-state index is 0.122. The Labute approximate surface area is 190 Å². The Hall–Kier alpha value is -3.88. The summed E-state index contributed by atoms with van der Waals surface area (Å²) >= 11 is 0. The van der Waals surface area contributed by atoms with Gasteiger partial charge in [0.1, 0.15) is 5.82 Å². The molecule has 9 heteroatoms. The van der Waals surface area contributed by atoms with Crippen LogP contribution in [0.5, 0.6) is 0 Å². The van der Waals surface area contributed by atoms with Crippen LogP contribution in [-0.2, 0) is 0 Å². The molecule has 1 fully saturated rings. The van der Waals surface area contributed by atoms with Crippen LogP contribution in [0.15, 0.2) is 71.3 Å². The topological polar surface area (TPSA) is 74.9 Å². The van der Waals surface area contributed by atoms with Crippen LogP contribution in [0.2, 0.25) is 0 Å². The van der Waals surface area contributed by atoms with Crippen molar-refractivity contribution < 1.29 is 13.6 Å². The summed E-state index contributed by atoms with van der Waals surface area (Å²) in [6, 6.07) is 9.43. The van der Waals surface area contributed by atoms with E-state index in [1.54, 1.807) is 42.5 Å². The van der Waals surface area contributed by atoms with E-state index in [9.17, 15) is 13.6 Å². The number of alkyl halides is 2. The maximum Gasteiger partial charge on any atom is 0.276 e. The standard InChI is InChI=1S/C24H24F2N6O/c1-3-16(14-22(27-2)31-12-6-7-13-31)29-24(33)20-15-28-21-11-10-19(30-32(20)21)17-8-4-5-9-18(17)23(25)26/h3-5,8-11,14-15,23H,2,6-7,12-13H2,1H3,(H,29,33)/b16-3+,22-14+. The van der Waals surface area contributed by atoms with Gasteiger partial charge >= 0.3 is 0 Å². The molecule has 1 aliphatic rings. The predicted octanol–water partition coefficient (Wildman–Crippen LogP) is 4.61. The predicted molar refractivity (Wildman–Crippen MR) is 123 cm³/mol. The number of nitrogens with zero attached hydrogens (tertiary/aromatic N) is 5. The molecule has 0 spiro atoms. The monoisotopic (exact) mass is 450 g/mol. The molecule has 0 bridgehead atoms. The van der Waals surface area contributed by atoms with E-state index < -0.39 is 12.3 Å². The minimum Gasteiger partial charge on any atom is -0.357 e. The number of nitrogens with one attached hydrogen (secondary N) is 1. The third kappa shape index (κ3) is 4.67. The van der Waals surface area contributed by atoms with Gasteiger partial charge in [-0.05, 0) is 38.6 Å². The summed E-state index contributed by atoms with van der Waals surface area (Å²) in [4.78, 5) is 23.5. The number of hydrogen-bond acceptors (Lipinski definition) is 5. The first-order chi connectivity index (χ1) is 16.0.